The molecule has 2 N–H and O–H groups in total. The average molecular weight is 332 g/mol. The molecule has 0 unspecified atom stereocenters. The maximum Gasteiger partial charge on any atom is 0.229 e. The molecule has 0 bridgehead atoms. The van der Waals surface area contributed by atoms with Crippen LogP contribution in [0.3, 0.4) is 0 Å². The third-order valence-corrected chi connectivity index (χ3v) is 3.98. The van der Waals surface area contributed by atoms with Crippen molar-refractivity contribution in [3.63, 3.8) is 0 Å². The number of hydrogen-bond acceptors (Lipinski definition) is 4. The van der Waals surface area contributed by atoms with Crippen molar-refractivity contribution >= 4 is 17.5 Å². The van der Waals surface area contributed by atoms with Gasteiger partial charge in [0.15, 0.2) is 0 Å². The number of aromatic nitrogens is 2. The van der Waals surface area contributed by atoms with Gasteiger partial charge >= 0.3 is 0 Å². The molecule has 4 nitrogen and oxygen atoms in total. The summed E-state index contributed by atoms with van der Waals surface area (Å²) >= 11 is 0. The molecule has 0 aliphatic rings. The Hall–Kier alpha value is -2.88. The van der Waals surface area contributed by atoms with Crippen molar-refractivity contribution in [3.05, 3.63) is 78.0 Å². The first-order chi connectivity index (χ1) is 12.0. The summed E-state index contributed by atoms with van der Waals surface area (Å²) in [6, 6.07) is 20.5. The smallest absolute Gasteiger partial charge is 0.229 e. The molecule has 0 atom stereocenters. The summed E-state index contributed by atoms with van der Waals surface area (Å²) in [6.07, 6.45) is 1.76. The molecule has 0 radical (unpaired) electrons. The zero-order chi connectivity index (χ0) is 17.7. The summed E-state index contributed by atoms with van der Waals surface area (Å²) in [4.78, 5) is 8.82. The molecule has 128 valence electrons. The van der Waals surface area contributed by atoms with Gasteiger partial charge in [-0.1, -0.05) is 63.2 Å². The van der Waals surface area contributed by atoms with Crippen LogP contribution in [0.15, 0.2) is 66.9 Å². The highest BCUT2D eigenvalue weighted by Gasteiger charge is 2.12. The van der Waals surface area contributed by atoms with E-state index in [2.05, 4.69) is 77.8 Å². The van der Waals surface area contributed by atoms with E-state index in [-0.39, 0.29) is 5.41 Å². The minimum atomic E-state index is 0.149. The summed E-state index contributed by atoms with van der Waals surface area (Å²) in [6.45, 7) is 7.36. The van der Waals surface area contributed by atoms with Crippen LogP contribution in [-0.2, 0) is 12.0 Å². The Kier molecular flexibility index (Phi) is 4.98. The summed E-state index contributed by atoms with van der Waals surface area (Å²) in [5, 5.41) is 6.58. The predicted molar refractivity (Wildman–Crippen MR) is 104 cm³/mol. The molecule has 0 amide bonds. The zero-order valence-electron chi connectivity index (χ0n) is 15.0. The quantitative estimate of drug-likeness (QED) is 0.680. The van der Waals surface area contributed by atoms with Gasteiger partial charge in [-0.15, -0.1) is 0 Å². The number of anilines is 3. The maximum absolute atomic E-state index is 4.52. The lowest BCUT2D eigenvalue weighted by Crippen LogP contribution is -2.10. The first-order valence-corrected chi connectivity index (χ1v) is 8.49. The highest BCUT2D eigenvalue weighted by molar-refractivity contribution is 5.55. The van der Waals surface area contributed by atoms with Gasteiger partial charge in [-0.2, -0.15) is 4.98 Å². The topological polar surface area (TPSA) is 49.8 Å². The number of rotatable bonds is 5. The molecule has 1 heterocycles. The molecular weight excluding hydrogens is 308 g/mol. The second-order valence-corrected chi connectivity index (χ2v) is 7.06. The van der Waals surface area contributed by atoms with E-state index in [1.54, 1.807) is 6.20 Å². The van der Waals surface area contributed by atoms with Gasteiger partial charge in [0.25, 0.3) is 0 Å². The molecule has 0 saturated heterocycles. The SMILES string of the molecule is CC(C)(C)c1ccc(Nc2nccc(NCc3ccccc3)n2)cc1. The van der Waals surface area contributed by atoms with Crippen molar-refractivity contribution in [2.24, 2.45) is 0 Å². The molecule has 3 rings (SSSR count). The van der Waals surface area contributed by atoms with Crippen LogP contribution in [0.25, 0.3) is 0 Å². The molecule has 0 aliphatic carbocycles. The molecule has 0 aliphatic heterocycles. The van der Waals surface area contributed by atoms with E-state index in [1.165, 1.54) is 11.1 Å². The van der Waals surface area contributed by atoms with Crippen molar-refractivity contribution in [2.45, 2.75) is 32.7 Å². The van der Waals surface area contributed by atoms with Gasteiger partial charge in [0.1, 0.15) is 5.82 Å². The first-order valence-electron chi connectivity index (χ1n) is 8.49. The molecule has 0 saturated carbocycles. The van der Waals surface area contributed by atoms with Crippen LogP contribution >= 0.6 is 0 Å². The standard InChI is InChI=1S/C21H24N4/c1-21(2,3)17-9-11-18(12-10-17)24-20-22-14-13-19(25-20)23-15-16-7-5-4-6-8-16/h4-14H,15H2,1-3H3,(H2,22,23,24,25). The highest BCUT2D eigenvalue weighted by atomic mass is 15.1. The lowest BCUT2D eigenvalue weighted by atomic mass is 9.87. The van der Waals surface area contributed by atoms with E-state index in [1.807, 2.05) is 24.3 Å². The van der Waals surface area contributed by atoms with E-state index < -0.39 is 0 Å². The molecule has 0 fully saturated rings. The number of nitrogens with zero attached hydrogens (tertiary/aromatic N) is 2. The first kappa shape index (κ1) is 17.0. The monoisotopic (exact) mass is 332 g/mol. The zero-order valence-corrected chi connectivity index (χ0v) is 15.0. The van der Waals surface area contributed by atoms with Crippen LogP contribution in [0, 0.1) is 0 Å². The van der Waals surface area contributed by atoms with E-state index in [0.717, 1.165) is 18.1 Å². The Bertz CT molecular complexity index is 805. The predicted octanol–water partition coefficient (Wildman–Crippen LogP) is 5.13. The number of benzene rings is 2. The van der Waals surface area contributed by atoms with Crippen LogP contribution in [0.2, 0.25) is 0 Å². The minimum absolute atomic E-state index is 0.149. The van der Waals surface area contributed by atoms with E-state index in [9.17, 15) is 0 Å². The number of hydrogen-bond donors (Lipinski definition) is 2. The third kappa shape index (κ3) is 4.80. The molecule has 3 aromatic rings. The van der Waals surface area contributed by atoms with E-state index in [0.29, 0.717) is 5.95 Å². The maximum atomic E-state index is 4.52. The Morgan fingerprint density at radius 1 is 0.880 bits per heavy atom. The summed E-state index contributed by atoms with van der Waals surface area (Å²) in [7, 11) is 0. The van der Waals surface area contributed by atoms with Crippen LogP contribution in [0.1, 0.15) is 31.9 Å². The number of nitrogens with one attached hydrogen (secondary N) is 2. The second kappa shape index (κ2) is 7.34. The minimum Gasteiger partial charge on any atom is -0.366 e. The van der Waals surface area contributed by atoms with Gasteiger partial charge < -0.3 is 10.6 Å². The van der Waals surface area contributed by atoms with Crippen LogP contribution < -0.4 is 10.6 Å². The fourth-order valence-electron chi connectivity index (χ4n) is 2.49. The molecule has 25 heavy (non-hydrogen) atoms. The van der Waals surface area contributed by atoms with Gasteiger partial charge in [0.2, 0.25) is 5.95 Å². The fourth-order valence-corrected chi connectivity index (χ4v) is 2.49. The molecule has 2 aromatic carbocycles. The van der Waals surface area contributed by atoms with Crippen LogP contribution in [-0.4, -0.2) is 9.97 Å². The molecule has 1 aromatic heterocycles. The van der Waals surface area contributed by atoms with Gasteiger partial charge in [0, 0.05) is 18.4 Å². The van der Waals surface area contributed by atoms with Crippen molar-refractivity contribution in [3.8, 4) is 0 Å². The summed E-state index contributed by atoms with van der Waals surface area (Å²) < 4.78 is 0. The summed E-state index contributed by atoms with van der Waals surface area (Å²) in [5.41, 5.74) is 3.65. The average Bonchev–Trinajstić information content (AvgIpc) is 2.61. The normalized spacial score (nSPS) is 11.2. The molecular formula is C21H24N4. The molecule has 4 heteroatoms. The Labute approximate surface area is 149 Å². The molecule has 0 spiro atoms. The largest absolute Gasteiger partial charge is 0.366 e. The lowest BCUT2D eigenvalue weighted by molar-refractivity contribution is 0.590. The van der Waals surface area contributed by atoms with Crippen molar-refractivity contribution in [1.29, 1.82) is 0 Å². The highest BCUT2D eigenvalue weighted by Crippen LogP contribution is 2.24. The van der Waals surface area contributed by atoms with Crippen molar-refractivity contribution < 1.29 is 0 Å². The van der Waals surface area contributed by atoms with Gasteiger partial charge in [0.05, 0.1) is 0 Å². The third-order valence-electron chi connectivity index (χ3n) is 3.98. The Morgan fingerprint density at radius 3 is 2.28 bits per heavy atom. The van der Waals surface area contributed by atoms with E-state index in [4.69, 9.17) is 0 Å². The van der Waals surface area contributed by atoms with Gasteiger partial charge in [-0.05, 0) is 34.7 Å². The fraction of sp³-hybridized carbons (Fsp3) is 0.238. The lowest BCUT2D eigenvalue weighted by Gasteiger charge is -2.19. The van der Waals surface area contributed by atoms with Gasteiger partial charge in [-0.25, -0.2) is 4.98 Å². The van der Waals surface area contributed by atoms with Crippen molar-refractivity contribution in [2.75, 3.05) is 10.6 Å². The van der Waals surface area contributed by atoms with Gasteiger partial charge in [-0.3, -0.25) is 0 Å². The summed E-state index contributed by atoms with van der Waals surface area (Å²) in [5.74, 6) is 1.38. The Balaban J connectivity index is 1.65. The van der Waals surface area contributed by atoms with Crippen LogP contribution in [0.5, 0.6) is 0 Å². The Morgan fingerprint density at radius 2 is 1.60 bits per heavy atom. The van der Waals surface area contributed by atoms with Crippen LogP contribution in [0.4, 0.5) is 17.5 Å². The van der Waals surface area contributed by atoms with E-state index >= 15 is 0 Å². The van der Waals surface area contributed by atoms with Crippen molar-refractivity contribution in [1.82, 2.24) is 9.97 Å². The second-order valence-electron chi connectivity index (χ2n) is 7.06.